The quantitative estimate of drug-likeness (QED) is 0.507. The van der Waals surface area contributed by atoms with Crippen molar-refractivity contribution in [3.8, 4) is 0 Å². The van der Waals surface area contributed by atoms with Crippen molar-refractivity contribution in [3.63, 3.8) is 0 Å². The van der Waals surface area contributed by atoms with Crippen LogP contribution in [0.2, 0.25) is 0 Å². The molecule has 1 heterocycles. The molecule has 1 aromatic heterocycles. The number of aromatic nitrogens is 1. The van der Waals surface area contributed by atoms with E-state index in [1.54, 1.807) is 0 Å². The minimum absolute atomic E-state index is 0.281. The molecule has 9 heteroatoms. The Morgan fingerprint density at radius 1 is 1.23 bits per heavy atom. The van der Waals surface area contributed by atoms with Gasteiger partial charge in [0.1, 0.15) is 5.69 Å². The maximum Gasteiger partial charge on any atom is 0.293 e. The van der Waals surface area contributed by atoms with E-state index in [2.05, 4.69) is 4.98 Å². The lowest BCUT2D eigenvalue weighted by molar-refractivity contribution is -0.384. The summed E-state index contributed by atoms with van der Waals surface area (Å²) in [6, 6.07) is 11.5. The summed E-state index contributed by atoms with van der Waals surface area (Å²) < 4.78 is 23.0. The van der Waals surface area contributed by atoms with E-state index in [-0.39, 0.29) is 10.6 Å². The fourth-order valence-corrected chi connectivity index (χ4v) is 3.46. The first-order valence-corrected chi connectivity index (χ1v) is 9.47. The van der Waals surface area contributed by atoms with Crippen LogP contribution < -0.4 is 10.0 Å². The number of rotatable bonds is 6. The van der Waals surface area contributed by atoms with Gasteiger partial charge in [-0.25, -0.2) is 13.6 Å². The Morgan fingerprint density at radius 2 is 1.96 bits per heavy atom. The molecule has 0 atom stereocenters. The number of nitro groups is 1. The van der Waals surface area contributed by atoms with E-state index in [9.17, 15) is 18.5 Å². The van der Waals surface area contributed by atoms with Gasteiger partial charge in [0.25, 0.3) is 5.69 Å². The zero-order chi connectivity index (χ0) is 18.9. The Balaban J connectivity index is 2.03. The molecule has 0 aliphatic heterocycles. The predicted octanol–water partition coefficient (Wildman–Crippen LogP) is 2.75. The lowest BCUT2D eigenvalue weighted by Gasteiger charge is -2.23. The second-order valence-electron chi connectivity index (χ2n) is 5.83. The summed E-state index contributed by atoms with van der Waals surface area (Å²) in [7, 11) is -4.01. The molecule has 0 spiro atoms. The number of nitrogens with zero attached hydrogens (tertiary/aromatic N) is 2. The number of H-pyrrole nitrogens is 1. The molecule has 3 N–H and O–H groups in total. The molecule has 2 aromatic carbocycles. The van der Waals surface area contributed by atoms with Crippen molar-refractivity contribution in [2.24, 2.45) is 5.14 Å². The molecule has 0 saturated heterocycles. The van der Waals surface area contributed by atoms with Gasteiger partial charge in [0.05, 0.1) is 9.82 Å². The monoisotopic (exact) mass is 374 g/mol. The molecular weight excluding hydrogens is 356 g/mol. The van der Waals surface area contributed by atoms with Crippen molar-refractivity contribution in [2.75, 3.05) is 11.4 Å². The predicted molar refractivity (Wildman–Crippen MR) is 99.5 cm³/mol. The lowest BCUT2D eigenvalue weighted by atomic mass is 10.1. The number of primary sulfonamides is 1. The first kappa shape index (κ1) is 17.9. The van der Waals surface area contributed by atoms with Gasteiger partial charge in [-0.3, -0.25) is 10.1 Å². The summed E-state index contributed by atoms with van der Waals surface area (Å²) in [6.07, 6.45) is 1.87. The molecule has 136 valence electrons. The van der Waals surface area contributed by atoms with Gasteiger partial charge >= 0.3 is 0 Å². The highest BCUT2D eigenvalue weighted by Crippen LogP contribution is 2.32. The Morgan fingerprint density at radius 3 is 2.62 bits per heavy atom. The van der Waals surface area contributed by atoms with E-state index in [4.69, 9.17) is 5.14 Å². The highest BCUT2D eigenvalue weighted by molar-refractivity contribution is 7.89. The number of anilines is 1. The first-order valence-electron chi connectivity index (χ1n) is 7.92. The number of benzene rings is 2. The van der Waals surface area contributed by atoms with Crippen molar-refractivity contribution in [3.05, 3.63) is 64.3 Å². The first-order chi connectivity index (χ1) is 12.3. The number of sulfonamides is 1. The van der Waals surface area contributed by atoms with Gasteiger partial charge in [-0.15, -0.1) is 0 Å². The van der Waals surface area contributed by atoms with Crippen molar-refractivity contribution in [1.82, 2.24) is 4.98 Å². The Hall–Kier alpha value is -2.91. The van der Waals surface area contributed by atoms with Crippen LogP contribution in [0.3, 0.4) is 0 Å². The number of nitrogens with two attached hydrogens (primary N) is 1. The second-order valence-corrected chi connectivity index (χ2v) is 7.39. The van der Waals surface area contributed by atoms with Crippen LogP contribution in [0.25, 0.3) is 10.9 Å². The van der Waals surface area contributed by atoms with Gasteiger partial charge in [-0.1, -0.05) is 18.2 Å². The number of nitro benzene ring substituents is 1. The van der Waals surface area contributed by atoms with E-state index < -0.39 is 14.9 Å². The highest BCUT2D eigenvalue weighted by Gasteiger charge is 2.23. The summed E-state index contributed by atoms with van der Waals surface area (Å²) >= 11 is 0. The maximum absolute atomic E-state index is 11.5. The minimum atomic E-state index is -4.01. The zero-order valence-electron chi connectivity index (χ0n) is 14.0. The molecule has 0 fully saturated rings. The molecule has 0 amide bonds. The van der Waals surface area contributed by atoms with Crippen LogP contribution >= 0.6 is 0 Å². The van der Waals surface area contributed by atoms with Crippen molar-refractivity contribution < 1.29 is 13.3 Å². The standard InChI is InChI=1S/C17H18N4O4S/c1-2-20(11-12-10-19-15-6-4-3-5-14(12)15)16-8-7-13(26(18,24)25)9-17(16)21(22)23/h3-10,19H,2,11H2,1H3,(H2,18,24,25). The lowest BCUT2D eigenvalue weighted by Crippen LogP contribution is -2.23. The van der Waals surface area contributed by atoms with Crippen LogP contribution in [-0.2, 0) is 16.6 Å². The third kappa shape index (κ3) is 3.39. The smallest absolute Gasteiger partial charge is 0.293 e. The van der Waals surface area contributed by atoms with E-state index in [0.29, 0.717) is 18.8 Å². The van der Waals surface area contributed by atoms with Crippen LogP contribution in [-0.4, -0.2) is 24.9 Å². The van der Waals surface area contributed by atoms with Gasteiger partial charge in [0, 0.05) is 36.3 Å². The molecule has 0 radical (unpaired) electrons. The van der Waals surface area contributed by atoms with Gasteiger partial charge in [-0.2, -0.15) is 0 Å². The second kappa shape index (κ2) is 6.77. The van der Waals surface area contributed by atoms with Crippen molar-refractivity contribution in [2.45, 2.75) is 18.4 Å². The summed E-state index contributed by atoms with van der Waals surface area (Å²) in [5.41, 5.74) is 2.03. The summed E-state index contributed by atoms with van der Waals surface area (Å²) in [5.74, 6) is 0. The summed E-state index contributed by atoms with van der Waals surface area (Å²) in [6.45, 7) is 2.83. The van der Waals surface area contributed by atoms with Crippen molar-refractivity contribution in [1.29, 1.82) is 0 Å². The molecule has 0 saturated carbocycles. The summed E-state index contributed by atoms with van der Waals surface area (Å²) in [5, 5.41) is 17.6. The van der Waals surface area contributed by atoms with Gasteiger partial charge in [0.2, 0.25) is 10.0 Å². The van der Waals surface area contributed by atoms with Crippen LogP contribution in [0.5, 0.6) is 0 Å². The van der Waals surface area contributed by atoms with Crippen LogP contribution in [0.15, 0.2) is 53.6 Å². The molecule has 0 unspecified atom stereocenters. The third-order valence-electron chi connectivity index (χ3n) is 4.23. The molecule has 0 bridgehead atoms. The van der Waals surface area contributed by atoms with Crippen LogP contribution in [0.4, 0.5) is 11.4 Å². The van der Waals surface area contributed by atoms with Crippen molar-refractivity contribution >= 4 is 32.3 Å². The zero-order valence-corrected chi connectivity index (χ0v) is 14.9. The molecular formula is C17H18N4O4S. The van der Waals surface area contributed by atoms with E-state index >= 15 is 0 Å². The number of hydrogen-bond acceptors (Lipinski definition) is 5. The van der Waals surface area contributed by atoms with Crippen LogP contribution in [0, 0.1) is 10.1 Å². The SMILES string of the molecule is CCN(Cc1c[nH]c2ccccc12)c1ccc(S(N)(=O)=O)cc1[N+](=O)[O-]. The molecule has 0 aliphatic rings. The Kier molecular flexibility index (Phi) is 4.66. The summed E-state index contributed by atoms with van der Waals surface area (Å²) in [4.78, 5) is 15.6. The number of hydrogen-bond donors (Lipinski definition) is 2. The van der Waals surface area contributed by atoms with E-state index in [1.807, 2.05) is 42.3 Å². The fourth-order valence-electron chi connectivity index (χ4n) is 2.93. The number of para-hydroxylation sites is 1. The fraction of sp³-hybridized carbons (Fsp3) is 0.176. The van der Waals surface area contributed by atoms with Gasteiger partial charge < -0.3 is 9.88 Å². The average molecular weight is 374 g/mol. The normalized spacial score (nSPS) is 11.6. The number of fused-ring (bicyclic) bond motifs is 1. The molecule has 3 rings (SSSR count). The topological polar surface area (TPSA) is 122 Å². The Labute approximate surface area is 150 Å². The maximum atomic E-state index is 11.5. The molecule has 3 aromatic rings. The number of nitrogens with one attached hydrogen (secondary N) is 1. The van der Waals surface area contributed by atoms with Gasteiger partial charge in [-0.05, 0) is 30.7 Å². The van der Waals surface area contributed by atoms with E-state index in [1.165, 1.54) is 12.1 Å². The highest BCUT2D eigenvalue weighted by atomic mass is 32.2. The average Bonchev–Trinajstić information content (AvgIpc) is 3.01. The van der Waals surface area contributed by atoms with Gasteiger partial charge in [0.15, 0.2) is 0 Å². The van der Waals surface area contributed by atoms with E-state index in [0.717, 1.165) is 22.5 Å². The Bertz CT molecular complexity index is 1080. The molecule has 26 heavy (non-hydrogen) atoms. The minimum Gasteiger partial charge on any atom is -0.362 e. The molecule has 8 nitrogen and oxygen atoms in total. The van der Waals surface area contributed by atoms with Crippen LogP contribution in [0.1, 0.15) is 12.5 Å². The molecule has 0 aliphatic carbocycles. The largest absolute Gasteiger partial charge is 0.362 e. The number of aromatic amines is 1. The third-order valence-corrected chi connectivity index (χ3v) is 5.14.